The zero-order chi connectivity index (χ0) is 27.5. The number of hydrogen-bond acceptors (Lipinski definition) is 5. The summed E-state index contributed by atoms with van der Waals surface area (Å²) < 4.78 is 72.0. The topological polar surface area (TPSA) is 69.7 Å². The molecule has 9 heteroatoms. The van der Waals surface area contributed by atoms with Crippen LogP contribution in [0.4, 0.5) is 13.2 Å². The van der Waals surface area contributed by atoms with Gasteiger partial charge in [-0.05, 0) is 92.2 Å². The first-order chi connectivity index (χ1) is 17.9. The summed E-state index contributed by atoms with van der Waals surface area (Å²) in [6, 6.07) is 5.87. The molecular formula is C29H31F3O5S. The Kier molecular flexibility index (Phi) is 6.59. The van der Waals surface area contributed by atoms with Crippen molar-refractivity contribution in [3.63, 3.8) is 0 Å². The van der Waals surface area contributed by atoms with E-state index in [0.717, 1.165) is 43.2 Å². The third-order valence-electron chi connectivity index (χ3n) is 9.30. The average Bonchev–Trinajstić information content (AvgIpc) is 3.15. The van der Waals surface area contributed by atoms with Crippen molar-refractivity contribution in [1.29, 1.82) is 0 Å². The minimum absolute atomic E-state index is 0.0762. The zero-order valence-electron chi connectivity index (χ0n) is 21.7. The summed E-state index contributed by atoms with van der Waals surface area (Å²) >= 11 is 0. The Labute approximate surface area is 221 Å². The lowest BCUT2D eigenvalue weighted by atomic mass is 9.51. The van der Waals surface area contributed by atoms with Gasteiger partial charge < -0.3 is 8.92 Å². The molecule has 4 aliphatic carbocycles. The summed E-state index contributed by atoms with van der Waals surface area (Å²) in [4.78, 5) is 12.2. The van der Waals surface area contributed by atoms with E-state index in [1.807, 2.05) is 6.92 Å². The van der Waals surface area contributed by atoms with Crippen molar-refractivity contribution in [3.8, 4) is 17.6 Å². The van der Waals surface area contributed by atoms with Gasteiger partial charge in [0.15, 0.2) is 5.78 Å². The van der Waals surface area contributed by atoms with Gasteiger partial charge in [-0.3, -0.25) is 4.79 Å². The van der Waals surface area contributed by atoms with E-state index in [2.05, 4.69) is 22.9 Å². The summed E-state index contributed by atoms with van der Waals surface area (Å²) in [6.45, 7) is 4.06. The van der Waals surface area contributed by atoms with Crippen molar-refractivity contribution >= 4 is 15.9 Å². The van der Waals surface area contributed by atoms with Gasteiger partial charge in [-0.15, -0.1) is 5.92 Å². The number of benzene rings is 1. The molecule has 5 nitrogen and oxygen atoms in total. The van der Waals surface area contributed by atoms with Gasteiger partial charge in [-0.25, -0.2) is 0 Å². The quantitative estimate of drug-likeness (QED) is 0.254. The number of rotatable bonds is 4. The van der Waals surface area contributed by atoms with Gasteiger partial charge in [0.05, 0.1) is 0 Å². The van der Waals surface area contributed by atoms with E-state index in [9.17, 15) is 26.4 Å². The van der Waals surface area contributed by atoms with Gasteiger partial charge in [-0.1, -0.05) is 30.6 Å². The third-order valence-corrected chi connectivity index (χ3v) is 10.3. The summed E-state index contributed by atoms with van der Waals surface area (Å²) in [5.41, 5.74) is -1.87. The lowest BCUT2D eigenvalue weighted by Crippen LogP contribution is -2.52. The van der Waals surface area contributed by atoms with Crippen molar-refractivity contribution in [2.75, 3.05) is 7.11 Å². The van der Waals surface area contributed by atoms with Crippen molar-refractivity contribution in [2.24, 2.45) is 17.3 Å². The van der Waals surface area contributed by atoms with E-state index in [1.165, 1.54) is 23.3 Å². The van der Waals surface area contributed by atoms with Crippen LogP contribution in [-0.4, -0.2) is 32.4 Å². The average molecular weight is 549 g/mol. The number of fused-ring (bicyclic) bond motifs is 4. The highest BCUT2D eigenvalue weighted by Crippen LogP contribution is 2.67. The van der Waals surface area contributed by atoms with Crippen LogP contribution in [-0.2, 0) is 19.6 Å². The number of ether oxygens (including phenoxy) is 1. The van der Waals surface area contributed by atoms with Crippen LogP contribution in [0.15, 0.2) is 47.1 Å². The monoisotopic (exact) mass is 548 g/mol. The first-order valence-electron chi connectivity index (χ1n) is 12.9. The Bertz CT molecular complexity index is 1380. The normalized spacial score (nSPS) is 32.9. The van der Waals surface area contributed by atoms with Crippen molar-refractivity contribution in [3.05, 3.63) is 52.6 Å². The summed E-state index contributed by atoms with van der Waals surface area (Å²) in [5.74, 6) is 6.76. The lowest BCUT2D eigenvalue weighted by molar-refractivity contribution is -0.114. The fourth-order valence-electron chi connectivity index (χ4n) is 7.67. The second-order valence-electron chi connectivity index (χ2n) is 11.0. The molecule has 1 aromatic carbocycles. The summed E-state index contributed by atoms with van der Waals surface area (Å²) in [6.07, 6.45) is 7.21. The smallest absolute Gasteiger partial charge is 0.376 e. The Balaban J connectivity index is 1.61. The molecular weight excluding hydrogens is 517 g/mol. The van der Waals surface area contributed by atoms with Crippen LogP contribution in [0.2, 0.25) is 0 Å². The molecule has 0 aliphatic heterocycles. The second kappa shape index (κ2) is 9.27. The molecule has 0 N–H and O–H groups in total. The van der Waals surface area contributed by atoms with E-state index in [1.54, 1.807) is 25.3 Å². The van der Waals surface area contributed by atoms with E-state index in [-0.39, 0.29) is 23.0 Å². The molecule has 0 amide bonds. The molecule has 0 radical (unpaired) electrons. The molecule has 2 fully saturated rings. The molecule has 204 valence electrons. The van der Waals surface area contributed by atoms with Crippen LogP contribution in [0.5, 0.6) is 5.75 Å². The first kappa shape index (κ1) is 27.0. The number of methoxy groups -OCH3 is 1. The Morgan fingerprint density at radius 1 is 1.08 bits per heavy atom. The molecule has 5 rings (SSSR count). The molecule has 1 aromatic rings. The van der Waals surface area contributed by atoms with E-state index in [0.29, 0.717) is 18.8 Å². The molecule has 38 heavy (non-hydrogen) atoms. The van der Waals surface area contributed by atoms with Crippen LogP contribution in [0, 0.1) is 29.1 Å². The van der Waals surface area contributed by atoms with Crippen LogP contribution in [0.3, 0.4) is 0 Å². The molecule has 2 saturated carbocycles. The molecule has 0 bridgehead atoms. The second-order valence-corrected chi connectivity index (χ2v) is 12.5. The number of carbonyl (C=O) groups is 1. The predicted molar refractivity (Wildman–Crippen MR) is 135 cm³/mol. The third kappa shape index (κ3) is 4.12. The SMILES string of the molecule is CC#C[C@]1(OC)CC[C@H]2[C@@H]3CCC4=CC(=O)CCC4=C3[C@@H](c3ccc(OS(=O)(=O)C(F)(F)F)cc3)C[C@@]21C. The van der Waals surface area contributed by atoms with E-state index >= 15 is 0 Å². The first-order valence-corrected chi connectivity index (χ1v) is 14.3. The van der Waals surface area contributed by atoms with E-state index in [4.69, 9.17) is 4.74 Å². The van der Waals surface area contributed by atoms with Gasteiger partial charge in [0, 0.05) is 24.9 Å². The summed E-state index contributed by atoms with van der Waals surface area (Å²) in [5, 5.41) is 0. The lowest BCUT2D eigenvalue weighted by Gasteiger charge is -2.54. The van der Waals surface area contributed by atoms with E-state index < -0.39 is 27.0 Å². The molecule has 0 aromatic heterocycles. The van der Waals surface area contributed by atoms with Gasteiger partial charge in [0.2, 0.25) is 0 Å². The highest BCUT2D eigenvalue weighted by Gasteiger charge is 2.63. The molecule has 4 aliphatic rings. The number of hydrogen-bond donors (Lipinski definition) is 0. The van der Waals surface area contributed by atoms with Crippen molar-refractivity contribution in [1.82, 2.24) is 0 Å². The van der Waals surface area contributed by atoms with Crippen molar-refractivity contribution < 1.29 is 35.3 Å². The van der Waals surface area contributed by atoms with Crippen molar-refractivity contribution in [2.45, 2.75) is 75.8 Å². The van der Waals surface area contributed by atoms with Gasteiger partial charge in [-0.2, -0.15) is 21.6 Å². The fraction of sp³-hybridized carbons (Fsp3) is 0.552. The minimum Gasteiger partial charge on any atom is -0.376 e. The maximum atomic E-state index is 12.8. The largest absolute Gasteiger partial charge is 0.534 e. The van der Waals surface area contributed by atoms with Crippen LogP contribution >= 0.6 is 0 Å². The standard InChI is InChI=1S/C29H31F3O5S/c1-4-14-28(36-3)15-13-25-23-11-7-19-16-20(33)8-12-22(19)26(23)24(17-27(25,28)2)18-5-9-21(10-6-18)37-38(34,35)29(30,31)32/h5-6,9-10,16,23-25H,7-8,11-13,15,17H2,1-3H3/t23-,24+,25-,27-,28-/m0/s1. The van der Waals surface area contributed by atoms with Gasteiger partial charge in [0.1, 0.15) is 11.4 Å². The number of carbonyl (C=O) groups excluding carboxylic acids is 1. The maximum absolute atomic E-state index is 12.8. The van der Waals surface area contributed by atoms with Gasteiger partial charge >= 0.3 is 15.6 Å². The number of ketones is 1. The van der Waals surface area contributed by atoms with Crippen LogP contribution in [0.25, 0.3) is 0 Å². The number of allylic oxidation sites excluding steroid dienone is 4. The molecule has 0 saturated heterocycles. The minimum atomic E-state index is -5.76. The number of halogens is 3. The fourth-order valence-corrected chi connectivity index (χ4v) is 8.13. The highest BCUT2D eigenvalue weighted by molar-refractivity contribution is 7.88. The molecule has 0 heterocycles. The Morgan fingerprint density at radius 2 is 1.79 bits per heavy atom. The Morgan fingerprint density at radius 3 is 2.42 bits per heavy atom. The summed E-state index contributed by atoms with van der Waals surface area (Å²) in [7, 11) is -4.04. The molecule has 0 spiro atoms. The highest BCUT2D eigenvalue weighted by atomic mass is 32.2. The maximum Gasteiger partial charge on any atom is 0.534 e. The zero-order valence-corrected chi connectivity index (χ0v) is 22.5. The van der Waals surface area contributed by atoms with Crippen LogP contribution < -0.4 is 4.18 Å². The molecule has 5 atom stereocenters. The van der Waals surface area contributed by atoms with Crippen LogP contribution in [0.1, 0.15) is 70.3 Å². The molecule has 0 unspecified atom stereocenters. The van der Waals surface area contributed by atoms with Gasteiger partial charge in [0.25, 0.3) is 0 Å². The Hall–Kier alpha value is -2.57. The number of alkyl halides is 3. The predicted octanol–water partition coefficient (Wildman–Crippen LogP) is 6.22.